The summed E-state index contributed by atoms with van der Waals surface area (Å²) in [7, 11) is 2.97. The van der Waals surface area contributed by atoms with E-state index in [2.05, 4.69) is 34.3 Å². The monoisotopic (exact) mass is 390 g/mol. The van der Waals surface area contributed by atoms with Crippen LogP contribution in [0.25, 0.3) is 0 Å². The lowest BCUT2D eigenvalue weighted by Gasteiger charge is -1.93. The zero-order chi connectivity index (χ0) is 19.6. The van der Waals surface area contributed by atoms with Crippen molar-refractivity contribution in [3.8, 4) is 0 Å². The summed E-state index contributed by atoms with van der Waals surface area (Å²) >= 11 is 4.14. The van der Waals surface area contributed by atoms with Crippen molar-refractivity contribution in [1.82, 2.24) is 0 Å². The van der Waals surface area contributed by atoms with Crippen LogP contribution in [0, 0.1) is 0 Å². The molecule has 5 nitrogen and oxygen atoms in total. The maximum Gasteiger partial charge on any atom is 0.234 e. The summed E-state index contributed by atoms with van der Waals surface area (Å²) in [6.07, 6.45) is 8.76. The predicted molar refractivity (Wildman–Crippen MR) is 118 cm³/mol. The number of rotatable bonds is 8. The molecule has 0 heterocycles. The van der Waals surface area contributed by atoms with E-state index in [1.807, 2.05) is 20.8 Å². The topological polar surface area (TPSA) is 75.9 Å². The van der Waals surface area contributed by atoms with E-state index in [-0.39, 0.29) is 14.9 Å². The van der Waals surface area contributed by atoms with E-state index in [0.29, 0.717) is 24.4 Å². The van der Waals surface area contributed by atoms with Gasteiger partial charge < -0.3 is 0 Å². The lowest BCUT2D eigenvalue weighted by molar-refractivity contribution is -0.119. The number of hydrogen-bond donors (Lipinski definition) is 0. The minimum atomic E-state index is 0. The second-order valence-electron chi connectivity index (χ2n) is 4.62. The minimum absolute atomic E-state index is 0. The van der Waals surface area contributed by atoms with Gasteiger partial charge in [0.25, 0.3) is 0 Å². The smallest absolute Gasteiger partial charge is 0.234 e. The van der Waals surface area contributed by atoms with Crippen LogP contribution in [0.3, 0.4) is 0 Å². The summed E-state index contributed by atoms with van der Waals surface area (Å²) in [6, 6.07) is 0. The lowest BCUT2D eigenvalue weighted by Crippen LogP contribution is -1.93. The van der Waals surface area contributed by atoms with Crippen LogP contribution in [0.5, 0.6) is 0 Å². The number of isocyanates is 1. The molecule has 0 aromatic heterocycles. The minimum Gasteiger partial charge on any atom is -0.300 e. The molecule has 0 N–H and O–H groups in total. The van der Waals surface area contributed by atoms with E-state index in [4.69, 9.17) is 4.79 Å². The number of unbranched alkanes of at least 4 members (excludes halogenated alkanes) is 2. The Morgan fingerprint density at radius 2 is 1.19 bits per heavy atom. The Bertz CT molecular complexity index is 357. The summed E-state index contributed by atoms with van der Waals surface area (Å²) in [4.78, 5) is 36.2. The summed E-state index contributed by atoms with van der Waals surface area (Å²) in [5.74, 6) is 0.783. The van der Waals surface area contributed by atoms with Crippen molar-refractivity contribution in [2.24, 2.45) is 9.98 Å². The molecule has 156 valence electrons. The molecule has 0 rings (SSSR count). The third kappa shape index (κ3) is 66.5. The van der Waals surface area contributed by atoms with Gasteiger partial charge in [0, 0.05) is 39.8 Å². The van der Waals surface area contributed by atoms with Crippen LogP contribution in [0.15, 0.2) is 9.98 Å². The Kier molecular flexibility index (Phi) is 66.5. The van der Waals surface area contributed by atoms with Crippen molar-refractivity contribution in [3.63, 3.8) is 0 Å². The van der Waals surface area contributed by atoms with Crippen molar-refractivity contribution in [1.29, 1.82) is 0 Å². The SMILES string of the molecule is C.C.CCCC(=O)CC.CCCCCC(=O)CC.CN=C=O.CN=C=S. The van der Waals surface area contributed by atoms with Crippen LogP contribution >= 0.6 is 12.2 Å². The Labute approximate surface area is 167 Å². The van der Waals surface area contributed by atoms with Gasteiger partial charge in [0.1, 0.15) is 11.6 Å². The molecule has 0 aliphatic rings. The van der Waals surface area contributed by atoms with E-state index in [1.165, 1.54) is 26.0 Å². The number of hydrogen-bond acceptors (Lipinski definition) is 6. The van der Waals surface area contributed by atoms with Crippen LogP contribution in [0.1, 0.15) is 93.9 Å². The number of carbonyl (C=O) groups excluding carboxylic acids is 3. The van der Waals surface area contributed by atoms with Crippen molar-refractivity contribution in [2.45, 2.75) is 93.9 Å². The molecule has 0 atom stereocenters. The predicted octanol–water partition coefficient (Wildman–Crippen LogP) is 6.25. The van der Waals surface area contributed by atoms with Gasteiger partial charge in [0.15, 0.2) is 0 Å². The summed E-state index contributed by atoms with van der Waals surface area (Å²) in [5, 5.41) is 2.14. The molecule has 0 aromatic carbocycles. The zero-order valence-corrected chi connectivity index (χ0v) is 17.0. The molecule has 0 fully saturated rings. The highest BCUT2D eigenvalue weighted by Gasteiger charge is 1.95. The molecule has 0 aliphatic heterocycles. The van der Waals surface area contributed by atoms with Gasteiger partial charge in [0.05, 0.1) is 5.16 Å². The highest BCUT2D eigenvalue weighted by atomic mass is 32.1. The Morgan fingerprint density at radius 3 is 1.38 bits per heavy atom. The van der Waals surface area contributed by atoms with Crippen LogP contribution in [-0.2, 0) is 14.4 Å². The van der Waals surface area contributed by atoms with Gasteiger partial charge in [0.2, 0.25) is 6.08 Å². The number of carbonyl (C=O) groups is 2. The molecule has 0 unspecified atom stereocenters. The number of thiocarbonyl (C=S) groups is 1. The first-order chi connectivity index (χ1) is 11.4. The van der Waals surface area contributed by atoms with E-state index in [0.717, 1.165) is 25.7 Å². The van der Waals surface area contributed by atoms with Gasteiger partial charge in [-0.05, 0) is 25.1 Å². The summed E-state index contributed by atoms with van der Waals surface area (Å²) < 4.78 is 0. The molecule has 0 saturated carbocycles. The fraction of sp³-hybridized carbons (Fsp3) is 0.800. The van der Waals surface area contributed by atoms with Crippen molar-refractivity contribution < 1.29 is 14.4 Å². The summed E-state index contributed by atoms with van der Waals surface area (Å²) in [5.41, 5.74) is 0. The van der Waals surface area contributed by atoms with E-state index >= 15 is 0 Å². The molecule has 0 spiro atoms. The highest BCUT2D eigenvalue weighted by molar-refractivity contribution is 7.78. The van der Waals surface area contributed by atoms with Crippen LogP contribution in [0.2, 0.25) is 0 Å². The Balaban J connectivity index is -0.0000000530. The average Bonchev–Trinajstić information content (AvgIpc) is 2.62. The van der Waals surface area contributed by atoms with Crippen molar-refractivity contribution >= 4 is 35.0 Å². The quantitative estimate of drug-likeness (QED) is 0.212. The fourth-order valence-electron chi connectivity index (χ4n) is 1.20. The average molecular weight is 391 g/mol. The second-order valence-corrected chi connectivity index (χ2v) is 4.80. The number of isothiocyanates is 1. The van der Waals surface area contributed by atoms with E-state index < -0.39 is 0 Å². The molecule has 0 amide bonds. The molecule has 6 heteroatoms. The number of Topliss-reactive ketones (excluding diaryl/α,β-unsaturated/α-hetero) is 2. The van der Waals surface area contributed by atoms with Gasteiger partial charge >= 0.3 is 0 Å². The van der Waals surface area contributed by atoms with Crippen molar-refractivity contribution in [2.75, 3.05) is 14.1 Å². The maximum atomic E-state index is 10.7. The highest BCUT2D eigenvalue weighted by Crippen LogP contribution is 2.00. The van der Waals surface area contributed by atoms with Crippen molar-refractivity contribution in [3.05, 3.63) is 0 Å². The Morgan fingerprint density at radius 1 is 0.808 bits per heavy atom. The first-order valence-electron chi connectivity index (χ1n) is 8.40. The van der Waals surface area contributed by atoms with Gasteiger partial charge in [-0.3, -0.25) is 9.59 Å². The third-order valence-corrected chi connectivity index (χ3v) is 2.74. The number of ketones is 2. The van der Waals surface area contributed by atoms with Gasteiger partial charge in [-0.1, -0.05) is 55.4 Å². The lowest BCUT2D eigenvalue weighted by atomic mass is 10.1. The van der Waals surface area contributed by atoms with Crippen LogP contribution in [-0.4, -0.2) is 36.9 Å². The standard InChI is InChI=1S/C8H16O.C6H12O.C2H3NO.C2H3NS.2CH4/c1-3-5-6-7-8(9)4-2;1-3-5-6(7)4-2;2*1-3-2-4;;/h3-7H2,1-2H3;3-5H2,1-2H3;2*1H3;2*1H4. The zero-order valence-electron chi connectivity index (χ0n) is 16.2. The number of nitrogens with zero attached hydrogens (tertiary/aromatic N) is 2. The third-order valence-electron chi connectivity index (χ3n) is 2.56. The molecule has 0 bridgehead atoms. The van der Waals surface area contributed by atoms with Crippen LogP contribution in [0.4, 0.5) is 0 Å². The first-order valence-corrected chi connectivity index (χ1v) is 8.81. The molecule has 26 heavy (non-hydrogen) atoms. The largest absolute Gasteiger partial charge is 0.300 e. The number of aliphatic imine (C=N–C) groups is 2. The molecule has 0 saturated heterocycles. The van der Waals surface area contributed by atoms with Gasteiger partial charge in [-0.2, -0.15) is 0 Å². The fourth-order valence-corrected chi connectivity index (χ4v) is 1.20. The van der Waals surface area contributed by atoms with Crippen LogP contribution < -0.4 is 0 Å². The molecule has 0 radical (unpaired) electrons. The van der Waals surface area contributed by atoms with Gasteiger partial charge in [-0.15, -0.1) is 0 Å². The molecular weight excluding hydrogens is 348 g/mol. The summed E-state index contributed by atoms with van der Waals surface area (Å²) in [6.45, 7) is 8.00. The van der Waals surface area contributed by atoms with E-state index in [1.54, 1.807) is 7.05 Å². The molecule has 0 aromatic rings. The van der Waals surface area contributed by atoms with E-state index in [9.17, 15) is 9.59 Å². The second kappa shape index (κ2) is 43.7. The Hall–Kier alpha value is -1.48. The maximum absolute atomic E-state index is 10.7. The molecular formula is C20H42N2O3S. The normalized spacial score (nSPS) is 7.00. The van der Waals surface area contributed by atoms with Gasteiger partial charge in [-0.25, -0.2) is 14.8 Å². The molecule has 0 aliphatic carbocycles. The first kappa shape index (κ1) is 39.5.